The van der Waals surface area contributed by atoms with Crippen LogP contribution in [0.3, 0.4) is 0 Å². The van der Waals surface area contributed by atoms with Gasteiger partial charge in [-0.3, -0.25) is 0 Å². The SMILES string of the molecule is COC1C(c2cc(C)cc(C)c2)C2CC(C)C(CC3C(C)CC4C(c5ccc(C(C)(C)C)cc5)C5CCCC5C(c5ccc(C(C)(C)C)cc5)C34)C2CC1C(C)(C)C. The van der Waals surface area contributed by atoms with Crippen molar-refractivity contribution in [3.8, 4) is 0 Å². The van der Waals surface area contributed by atoms with Gasteiger partial charge in [0.1, 0.15) is 0 Å². The molecule has 5 saturated carbocycles. The zero-order chi connectivity index (χ0) is 41.6. The van der Waals surface area contributed by atoms with Gasteiger partial charge in [0.15, 0.2) is 0 Å². The highest BCUT2D eigenvalue weighted by atomic mass is 16.5. The maximum Gasteiger partial charge on any atom is 0.0675 e. The first-order chi connectivity index (χ1) is 27.3. The summed E-state index contributed by atoms with van der Waals surface area (Å²) in [6.45, 7) is 31.7. The number of rotatable bonds is 6. The van der Waals surface area contributed by atoms with E-state index in [1.165, 1.54) is 67.2 Å². The minimum Gasteiger partial charge on any atom is -0.381 e. The topological polar surface area (TPSA) is 9.23 Å². The van der Waals surface area contributed by atoms with Crippen LogP contribution in [-0.4, -0.2) is 13.2 Å². The van der Waals surface area contributed by atoms with E-state index in [0.29, 0.717) is 29.6 Å². The fraction of sp³-hybridized carbons (Fsp3) is 0.684. The van der Waals surface area contributed by atoms with Gasteiger partial charge in [0.05, 0.1) is 6.10 Å². The van der Waals surface area contributed by atoms with Crippen LogP contribution < -0.4 is 0 Å². The summed E-state index contributed by atoms with van der Waals surface area (Å²) in [7, 11) is 2.02. The van der Waals surface area contributed by atoms with Crippen LogP contribution in [0, 0.1) is 84.4 Å². The lowest BCUT2D eigenvalue weighted by molar-refractivity contribution is -0.0761. The van der Waals surface area contributed by atoms with Crippen LogP contribution in [0.2, 0.25) is 0 Å². The van der Waals surface area contributed by atoms with Crippen LogP contribution in [0.25, 0.3) is 0 Å². The molecule has 3 aromatic carbocycles. The van der Waals surface area contributed by atoms with Crippen LogP contribution >= 0.6 is 0 Å². The molecule has 0 bridgehead atoms. The zero-order valence-electron chi connectivity index (χ0n) is 39.4. The zero-order valence-corrected chi connectivity index (χ0v) is 39.4. The first-order valence-corrected chi connectivity index (χ1v) is 24.1. The van der Waals surface area contributed by atoms with Crippen molar-refractivity contribution < 1.29 is 4.74 Å². The Labute approximate surface area is 356 Å². The van der Waals surface area contributed by atoms with E-state index in [-0.39, 0.29) is 22.3 Å². The van der Waals surface area contributed by atoms with Crippen molar-refractivity contribution in [3.05, 3.63) is 106 Å². The molecule has 3 aromatic rings. The molecule has 0 aliphatic heterocycles. The average molecular weight is 783 g/mol. The van der Waals surface area contributed by atoms with Crippen molar-refractivity contribution in [3.63, 3.8) is 0 Å². The number of hydrogen-bond acceptors (Lipinski definition) is 1. The van der Waals surface area contributed by atoms with Crippen LogP contribution in [0.1, 0.15) is 178 Å². The van der Waals surface area contributed by atoms with Gasteiger partial charge in [-0.15, -0.1) is 0 Å². The van der Waals surface area contributed by atoms with Crippen LogP contribution in [0.4, 0.5) is 0 Å². The molecule has 5 aliphatic rings. The molecule has 15 unspecified atom stereocenters. The Morgan fingerprint density at radius 3 is 1.55 bits per heavy atom. The number of aryl methyl sites for hydroxylation is 2. The summed E-state index contributed by atoms with van der Waals surface area (Å²) in [6.07, 6.45) is 9.98. The normalized spacial score (nSPS) is 37.7. The summed E-state index contributed by atoms with van der Waals surface area (Å²) in [5.74, 6) is 9.98. The van der Waals surface area contributed by atoms with Crippen molar-refractivity contribution in [1.82, 2.24) is 0 Å². The molecular formula is C57H82O. The molecule has 1 heteroatoms. The van der Waals surface area contributed by atoms with E-state index in [1.54, 1.807) is 16.7 Å². The van der Waals surface area contributed by atoms with Gasteiger partial charge >= 0.3 is 0 Å². The van der Waals surface area contributed by atoms with E-state index in [0.717, 1.165) is 53.3 Å². The first kappa shape index (κ1) is 42.3. The van der Waals surface area contributed by atoms with E-state index >= 15 is 0 Å². The molecule has 8 rings (SSSR count). The predicted octanol–water partition coefficient (Wildman–Crippen LogP) is 15.2. The molecule has 58 heavy (non-hydrogen) atoms. The Balaban J connectivity index is 1.20. The summed E-state index contributed by atoms with van der Waals surface area (Å²) in [5.41, 5.74) is 11.2. The molecule has 0 amide bonds. The molecule has 0 saturated heterocycles. The molecule has 5 aliphatic carbocycles. The van der Waals surface area contributed by atoms with Gasteiger partial charge in [-0.1, -0.05) is 160 Å². The van der Waals surface area contributed by atoms with Crippen molar-refractivity contribution in [2.75, 3.05) is 7.11 Å². The predicted molar refractivity (Wildman–Crippen MR) is 247 cm³/mol. The summed E-state index contributed by atoms with van der Waals surface area (Å²) in [6, 6.07) is 27.8. The van der Waals surface area contributed by atoms with Crippen LogP contribution in [0.5, 0.6) is 0 Å². The van der Waals surface area contributed by atoms with Gasteiger partial charge in [-0.2, -0.15) is 0 Å². The van der Waals surface area contributed by atoms with Crippen molar-refractivity contribution >= 4 is 0 Å². The summed E-state index contributed by atoms with van der Waals surface area (Å²) in [5, 5.41) is 0. The van der Waals surface area contributed by atoms with E-state index in [9.17, 15) is 0 Å². The largest absolute Gasteiger partial charge is 0.381 e. The number of hydrogen-bond donors (Lipinski definition) is 0. The lowest BCUT2D eigenvalue weighted by Gasteiger charge is -2.52. The molecule has 0 aromatic heterocycles. The van der Waals surface area contributed by atoms with E-state index in [2.05, 4.69) is 157 Å². The third kappa shape index (κ3) is 7.62. The second-order valence-corrected chi connectivity index (χ2v) is 24.5. The molecule has 15 atom stereocenters. The molecule has 5 fully saturated rings. The smallest absolute Gasteiger partial charge is 0.0675 e. The molecule has 1 nitrogen and oxygen atoms in total. The molecule has 316 valence electrons. The van der Waals surface area contributed by atoms with Gasteiger partial charge in [0.2, 0.25) is 0 Å². The number of methoxy groups -OCH3 is 1. The van der Waals surface area contributed by atoms with E-state index in [4.69, 9.17) is 4.74 Å². The highest BCUT2D eigenvalue weighted by Gasteiger charge is 2.61. The van der Waals surface area contributed by atoms with E-state index < -0.39 is 0 Å². The highest BCUT2D eigenvalue weighted by molar-refractivity contribution is 5.37. The monoisotopic (exact) mass is 783 g/mol. The van der Waals surface area contributed by atoms with Gasteiger partial charge in [0, 0.05) is 13.0 Å². The highest BCUT2D eigenvalue weighted by Crippen LogP contribution is 2.69. The Kier molecular flexibility index (Phi) is 11.3. The lowest BCUT2D eigenvalue weighted by Crippen LogP contribution is -2.48. The molecule has 0 N–H and O–H groups in total. The molecular weight excluding hydrogens is 701 g/mol. The van der Waals surface area contributed by atoms with Gasteiger partial charge in [-0.05, 0) is 173 Å². The minimum absolute atomic E-state index is 0.176. The Hall–Kier alpha value is -2.38. The van der Waals surface area contributed by atoms with Crippen LogP contribution in [-0.2, 0) is 15.6 Å². The lowest BCUT2D eigenvalue weighted by atomic mass is 9.53. The Morgan fingerprint density at radius 2 is 1.03 bits per heavy atom. The summed E-state index contributed by atoms with van der Waals surface area (Å²) in [4.78, 5) is 0. The quantitative estimate of drug-likeness (QED) is 0.242. The number of fused-ring (bicyclic) bond motifs is 3. The molecule has 0 radical (unpaired) electrons. The second-order valence-electron chi connectivity index (χ2n) is 24.5. The Bertz CT molecular complexity index is 1860. The third-order valence-electron chi connectivity index (χ3n) is 17.9. The maximum atomic E-state index is 6.69. The van der Waals surface area contributed by atoms with Crippen LogP contribution in [0.15, 0.2) is 66.7 Å². The summed E-state index contributed by atoms with van der Waals surface area (Å²) < 4.78 is 6.69. The third-order valence-corrected chi connectivity index (χ3v) is 17.9. The fourth-order valence-corrected chi connectivity index (χ4v) is 15.4. The standard InChI is InChI=1S/C57H82O/c1-33-26-34(2)28-39(27-33)52-47-29-35(3)44(46(47)32-49(54(52)58-14)57(11,12)13)31-45-36(4)30-48-50(37-18-22-40(23-19-37)55(5,6)7)42-16-15-17-43(42)51(53(45)48)38-20-24-41(25-21-38)56(8,9)10/h18-28,35-36,42-54H,15-17,29-32H2,1-14H3. The average Bonchev–Trinajstić information content (AvgIpc) is 3.83. The molecule has 0 spiro atoms. The van der Waals surface area contributed by atoms with Crippen molar-refractivity contribution in [1.29, 1.82) is 0 Å². The summed E-state index contributed by atoms with van der Waals surface area (Å²) >= 11 is 0. The van der Waals surface area contributed by atoms with Gasteiger partial charge in [0.25, 0.3) is 0 Å². The fourth-order valence-electron chi connectivity index (χ4n) is 15.4. The number of benzene rings is 3. The maximum absolute atomic E-state index is 6.69. The van der Waals surface area contributed by atoms with Crippen molar-refractivity contribution in [2.45, 2.75) is 170 Å². The minimum atomic E-state index is 0.176. The number of ether oxygens (including phenoxy) is 1. The Morgan fingerprint density at radius 1 is 0.534 bits per heavy atom. The van der Waals surface area contributed by atoms with Gasteiger partial charge in [-0.25, -0.2) is 0 Å². The van der Waals surface area contributed by atoms with E-state index in [1.807, 2.05) is 7.11 Å². The second kappa shape index (κ2) is 15.5. The molecule has 0 heterocycles. The first-order valence-electron chi connectivity index (χ1n) is 24.1. The van der Waals surface area contributed by atoms with Gasteiger partial charge < -0.3 is 4.74 Å². The van der Waals surface area contributed by atoms with Crippen molar-refractivity contribution in [2.24, 2.45) is 70.5 Å².